The Bertz CT molecular complexity index is 1470. The Morgan fingerprint density at radius 1 is 0.580 bits per heavy atom. The van der Waals surface area contributed by atoms with Crippen LogP contribution in [-0.4, -0.2) is 94.3 Å². The van der Waals surface area contributed by atoms with Crippen molar-refractivity contribution in [2.45, 2.75) is 116 Å². The molecule has 4 amide bonds. The molecule has 2 spiro atoms. The van der Waals surface area contributed by atoms with Gasteiger partial charge in [0.15, 0.2) is 0 Å². The lowest BCUT2D eigenvalue weighted by Crippen LogP contribution is -2.99. The Labute approximate surface area is 297 Å². The molecule has 12 nitrogen and oxygen atoms in total. The van der Waals surface area contributed by atoms with Crippen molar-refractivity contribution >= 4 is 23.6 Å². The standard InChI is InChI=1S/2C19H28N4O2/c2*1-4-6-12-16-19(21(16)3)22(13-7-5-2)23(19)18(25)15-11-9-8-10-14(15)17(20)24/h2*8-11,16H,4-7,12-13H2,1-3H3,(H2,20,24)/p+2/t16-,19+,21?,22?,23?;16-,19-,21?,22?,23?/m01/s1. The predicted octanol–water partition coefficient (Wildman–Crippen LogP) is 2.00. The third-order valence-corrected chi connectivity index (χ3v) is 11.2. The molecule has 8 atom stereocenters. The molecule has 0 bridgehead atoms. The highest BCUT2D eigenvalue weighted by Crippen LogP contribution is 2.48. The first kappa shape index (κ1) is 37.4. The number of hydrogen-bond acceptors (Lipinski definition) is 6. The summed E-state index contributed by atoms with van der Waals surface area (Å²) in [5.74, 6) is -1.70. The second-order valence-electron chi connectivity index (χ2n) is 14.2. The molecule has 12 heteroatoms. The fraction of sp³-hybridized carbons (Fsp3) is 0.579. The third kappa shape index (κ3) is 6.31. The largest absolute Gasteiger partial charge is 0.366 e. The van der Waals surface area contributed by atoms with Crippen LogP contribution in [0.3, 0.4) is 0 Å². The van der Waals surface area contributed by atoms with E-state index in [0.717, 1.165) is 77.3 Å². The number of nitrogens with one attached hydrogen (secondary N) is 2. The molecule has 4 saturated heterocycles. The Morgan fingerprint density at radius 3 is 1.20 bits per heavy atom. The number of benzene rings is 2. The molecule has 0 aromatic heterocycles. The Hall–Kier alpha value is -3.84. The van der Waals surface area contributed by atoms with Gasteiger partial charge in [0.1, 0.15) is 25.2 Å². The molecule has 2 aromatic rings. The summed E-state index contributed by atoms with van der Waals surface area (Å²) < 4.78 is 0. The van der Waals surface area contributed by atoms with Gasteiger partial charge in [-0.05, 0) is 64.0 Å². The van der Waals surface area contributed by atoms with Crippen LogP contribution in [0.2, 0.25) is 0 Å². The van der Waals surface area contributed by atoms with Crippen LogP contribution in [0.25, 0.3) is 0 Å². The van der Waals surface area contributed by atoms with Crippen molar-refractivity contribution in [3.63, 3.8) is 0 Å². The van der Waals surface area contributed by atoms with Gasteiger partial charge in [-0.3, -0.25) is 19.2 Å². The van der Waals surface area contributed by atoms with Gasteiger partial charge in [0.05, 0.1) is 22.3 Å². The molecule has 2 aromatic carbocycles. The molecule has 0 aliphatic carbocycles. The molecule has 4 aliphatic rings. The van der Waals surface area contributed by atoms with Crippen molar-refractivity contribution in [1.29, 1.82) is 0 Å². The van der Waals surface area contributed by atoms with Crippen molar-refractivity contribution in [3.05, 3.63) is 70.8 Å². The number of quaternary nitrogens is 2. The minimum Gasteiger partial charge on any atom is -0.366 e. The maximum atomic E-state index is 13.2. The van der Waals surface area contributed by atoms with E-state index in [-0.39, 0.29) is 23.4 Å². The zero-order chi connectivity index (χ0) is 36.4. The molecule has 272 valence electrons. The highest BCUT2D eigenvalue weighted by atomic mass is 16.2. The SMILES string of the molecule is CCCC[C@@H]1N(C)[C@]12N(C(=O)c1ccccc1C(N)=O)[NH+]2CCCC.CCCC[C@H]1N(C)[C@]12N(C(=O)c1ccccc1C(N)=O)[NH+]2CCCC. The van der Waals surface area contributed by atoms with Crippen LogP contribution in [-0.2, 0) is 0 Å². The predicted molar refractivity (Wildman–Crippen MR) is 191 cm³/mol. The average molecular weight is 691 g/mol. The summed E-state index contributed by atoms with van der Waals surface area (Å²) in [5.41, 5.74) is 12.4. The minimum absolute atomic E-state index is 0.0913. The fourth-order valence-corrected chi connectivity index (χ4v) is 8.38. The lowest BCUT2D eigenvalue weighted by atomic mass is 10.1. The lowest BCUT2D eigenvalue weighted by molar-refractivity contribution is -0.843. The summed E-state index contributed by atoms with van der Waals surface area (Å²) in [6, 6.07) is 14.5. The highest BCUT2D eigenvalue weighted by molar-refractivity contribution is 6.07. The number of nitrogens with zero attached hydrogens (tertiary/aromatic N) is 4. The Kier molecular flexibility index (Phi) is 11.4. The van der Waals surface area contributed by atoms with E-state index < -0.39 is 11.8 Å². The zero-order valence-electron chi connectivity index (χ0n) is 30.8. The van der Waals surface area contributed by atoms with Crippen LogP contribution in [0.5, 0.6) is 0 Å². The van der Waals surface area contributed by atoms with Gasteiger partial charge in [0.25, 0.3) is 0 Å². The Balaban J connectivity index is 0.000000194. The van der Waals surface area contributed by atoms with Crippen LogP contribution in [0.15, 0.2) is 48.5 Å². The summed E-state index contributed by atoms with van der Waals surface area (Å²) in [7, 11) is 4.19. The Morgan fingerprint density at radius 2 is 0.900 bits per heavy atom. The van der Waals surface area contributed by atoms with Gasteiger partial charge in [0.2, 0.25) is 11.8 Å². The normalized spacial score (nSPS) is 29.7. The number of amides is 4. The van der Waals surface area contributed by atoms with Gasteiger partial charge in [-0.1, -0.05) is 90.5 Å². The van der Waals surface area contributed by atoms with Crippen LogP contribution in [0.1, 0.15) is 133 Å². The van der Waals surface area contributed by atoms with Crippen LogP contribution < -0.4 is 21.5 Å². The van der Waals surface area contributed by atoms with E-state index in [2.05, 4.69) is 51.6 Å². The van der Waals surface area contributed by atoms with Crippen molar-refractivity contribution in [1.82, 2.24) is 19.8 Å². The quantitative estimate of drug-likeness (QED) is 0.199. The number of likely N-dealkylation sites (N-methyl/N-ethyl adjacent to an activating group) is 2. The molecule has 4 heterocycles. The van der Waals surface area contributed by atoms with E-state index >= 15 is 0 Å². The number of rotatable bonds is 16. The first-order valence-corrected chi connectivity index (χ1v) is 18.7. The highest BCUT2D eigenvalue weighted by Gasteiger charge is 2.90. The molecule has 4 unspecified atom stereocenters. The van der Waals surface area contributed by atoms with Crippen molar-refractivity contribution in [2.24, 2.45) is 11.5 Å². The summed E-state index contributed by atoms with van der Waals surface area (Å²) in [4.78, 5) is 54.4. The van der Waals surface area contributed by atoms with Gasteiger partial charge < -0.3 is 11.5 Å². The number of unbranched alkanes of at least 4 members (excludes halogenated alkanes) is 4. The summed E-state index contributed by atoms with van der Waals surface area (Å²) in [6.07, 6.45) is 11.2. The van der Waals surface area contributed by atoms with Crippen molar-refractivity contribution < 1.29 is 29.2 Å². The van der Waals surface area contributed by atoms with Crippen LogP contribution >= 0.6 is 0 Å². The average Bonchev–Trinajstić information content (AvgIpc) is 4.08. The smallest absolute Gasteiger partial charge is 0.318 e. The molecular formula is C38H58N8O4+2. The van der Waals surface area contributed by atoms with E-state index in [4.69, 9.17) is 11.5 Å². The third-order valence-electron chi connectivity index (χ3n) is 11.2. The number of carbonyl (C=O) groups excluding carboxylic acids is 4. The molecule has 4 aliphatic heterocycles. The van der Waals surface area contributed by atoms with Crippen molar-refractivity contribution in [3.8, 4) is 0 Å². The summed E-state index contributed by atoms with van der Waals surface area (Å²) in [5, 5.41) is 6.26. The number of carbonyl (C=O) groups is 4. The van der Waals surface area contributed by atoms with E-state index in [9.17, 15) is 19.2 Å². The van der Waals surface area contributed by atoms with Gasteiger partial charge >= 0.3 is 23.4 Å². The molecule has 6 N–H and O–H groups in total. The first-order valence-electron chi connectivity index (χ1n) is 18.7. The monoisotopic (exact) mass is 690 g/mol. The molecule has 0 saturated carbocycles. The number of nitrogens with two attached hydrogens (primary N) is 2. The maximum Gasteiger partial charge on any atom is 0.318 e. The number of primary amides is 2. The second-order valence-corrected chi connectivity index (χ2v) is 14.2. The van der Waals surface area contributed by atoms with Gasteiger partial charge in [-0.2, -0.15) is 10.0 Å². The fourth-order valence-electron chi connectivity index (χ4n) is 8.38. The van der Waals surface area contributed by atoms with Gasteiger partial charge in [0, 0.05) is 0 Å². The van der Waals surface area contributed by atoms with E-state index in [1.54, 1.807) is 48.5 Å². The maximum absolute atomic E-state index is 13.2. The lowest BCUT2D eigenvalue weighted by Gasteiger charge is -2.04. The van der Waals surface area contributed by atoms with Gasteiger partial charge in [-0.15, -0.1) is 10.0 Å². The second kappa shape index (κ2) is 15.2. The summed E-state index contributed by atoms with van der Waals surface area (Å²) >= 11 is 0. The molecule has 6 rings (SSSR count). The summed E-state index contributed by atoms with van der Waals surface area (Å²) in [6.45, 7) is 10.6. The first-order chi connectivity index (χ1) is 24.0. The topological polar surface area (TPSA) is 141 Å². The molecule has 0 radical (unpaired) electrons. The van der Waals surface area contributed by atoms with E-state index in [0.29, 0.717) is 34.3 Å². The molecule has 4 fully saturated rings. The van der Waals surface area contributed by atoms with E-state index in [1.807, 2.05) is 10.0 Å². The van der Waals surface area contributed by atoms with Gasteiger partial charge in [-0.25, -0.2) is 9.80 Å². The number of hydrogen-bond donors (Lipinski definition) is 4. The van der Waals surface area contributed by atoms with Crippen LogP contribution in [0, 0.1) is 0 Å². The zero-order valence-corrected chi connectivity index (χ0v) is 30.8. The molecule has 50 heavy (non-hydrogen) atoms. The minimum atomic E-state index is -0.554. The molecular weight excluding hydrogens is 632 g/mol. The van der Waals surface area contributed by atoms with Crippen LogP contribution in [0.4, 0.5) is 0 Å². The van der Waals surface area contributed by atoms with Crippen molar-refractivity contribution in [2.75, 3.05) is 27.2 Å². The van der Waals surface area contributed by atoms with E-state index in [1.165, 1.54) is 10.0 Å².